The van der Waals surface area contributed by atoms with E-state index in [0.717, 1.165) is 6.07 Å². The molecule has 0 saturated heterocycles. The fourth-order valence-electron chi connectivity index (χ4n) is 2.85. The molecule has 146 valence electrons. The van der Waals surface area contributed by atoms with Crippen LogP contribution in [0.2, 0.25) is 0 Å². The highest BCUT2D eigenvalue weighted by molar-refractivity contribution is 5.97. The first-order valence-electron chi connectivity index (χ1n) is 8.83. The third-order valence-corrected chi connectivity index (χ3v) is 4.18. The summed E-state index contributed by atoms with van der Waals surface area (Å²) >= 11 is 0. The molecule has 1 amide bonds. The number of amides is 1. The van der Waals surface area contributed by atoms with Crippen LogP contribution in [0.25, 0.3) is 5.82 Å². The lowest BCUT2D eigenvalue weighted by Gasteiger charge is -2.26. The predicted molar refractivity (Wildman–Crippen MR) is 99.6 cm³/mol. The van der Waals surface area contributed by atoms with Crippen molar-refractivity contribution in [1.82, 2.24) is 19.4 Å². The summed E-state index contributed by atoms with van der Waals surface area (Å²) in [5, 5.41) is 0. The minimum absolute atomic E-state index is 0.0629. The van der Waals surface area contributed by atoms with Gasteiger partial charge in [0.15, 0.2) is 11.6 Å². The fraction of sp³-hybridized carbons (Fsp3) is 0.250. The molecule has 0 spiro atoms. The van der Waals surface area contributed by atoms with Crippen LogP contribution in [-0.2, 0) is 0 Å². The summed E-state index contributed by atoms with van der Waals surface area (Å²) in [6, 6.07) is 4.94. The number of aromatic nitrogens is 3. The molecular weight excluding hydrogens is 366 g/mol. The second-order valence-corrected chi connectivity index (χ2v) is 6.38. The van der Waals surface area contributed by atoms with E-state index in [-0.39, 0.29) is 34.8 Å². The van der Waals surface area contributed by atoms with Crippen LogP contribution >= 0.6 is 0 Å². The van der Waals surface area contributed by atoms with E-state index in [4.69, 9.17) is 4.74 Å². The van der Waals surface area contributed by atoms with E-state index in [1.807, 2.05) is 20.8 Å². The molecule has 0 aliphatic heterocycles. The Labute approximate surface area is 161 Å². The Hall–Kier alpha value is -3.29. The molecule has 0 aliphatic carbocycles. The summed E-state index contributed by atoms with van der Waals surface area (Å²) < 4.78 is 34.6. The molecule has 0 N–H and O–H groups in total. The molecule has 2 aromatic heterocycles. The molecule has 0 fully saturated rings. The van der Waals surface area contributed by atoms with Gasteiger partial charge in [0.25, 0.3) is 5.91 Å². The minimum atomic E-state index is -0.549. The number of rotatable bonds is 6. The van der Waals surface area contributed by atoms with Crippen LogP contribution in [0.1, 0.15) is 31.1 Å². The highest BCUT2D eigenvalue weighted by Gasteiger charge is 2.23. The Morgan fingerprint density at radius 2 is 2.00 bits per heavy atom. The summed E-state index contributed by atoms with van der Waals surface area (Å²) in [5.41, 5.74) is 0.0871. The predicted octanol–water partition coefficient (Wildman–Crippen LogP) is 4.21. The number of nitrogens with zero attached hydrogens (tertiary/aromatic N) is 4. The summed E-state index contributed by atoms with van der Waals surface area (Å²) in [7, 11) is 0. The van der Waals surface area contributed by atoms with E-state index in [9.17, 15) is 13.6 Å². The molecular formula is C20H20F2N4O2. The Bertz CT molecular complexity index is 988. The van der Waals surface area contributed by atoms with Crippen molar-refractivity contribution < 1.29 is 18.3 Å². The smallest absolute Gasteiger partial charge is 0.257 e. The van der Waals surface area contributed by atoms with Crippen molar-refractivity contribution in [2.24, 2.45) is 0 Å². The van der Waals surface area contributed by atoms with Crippen LogP contribution in [0.3, 0.4) is 0 Å². The maximum absolute atomic E-state index is 13.9. The first-order chi connectivity index (χ1) is 13.4. The number of benzene rings is 1. The quantitative estimate of drug-likeness (QED) is 0.637. The van der Waals surface area contributed by atoms with E-state index in [1.54, 1.807) is 4.90 Å². The van der Waals surface area contributed by atoms with Crippen LogP contribution in [0.5, 0.6) is 11.5 Å². The van der Waals surface area contributed by atoms with E-state index < -0.39 is 11.6 Å². The maximum atomic E-state index is 13.9. The Morgan fingerprint density at radius 1 is 1.21 bits per heavy atom. The number of carbonyl (C=O) groups excluding carboxylic acids is 1. The highest BCUT2D eigenvalue weighted by atomic mass is 19.1. The Kier molecular flexibility index (Phi) is 5.67. The summed E-state index contributed by atoms with van der Waals surface area (Å²) in [6.07, 6.45) is 5.43. The summed E-state index contributed by atoms with van der Waals surface area (Å²) in [6.45, 7) is 6.08. The summed E-state index contributed by atoms with van der Waals surface area (Å²) in [5.74, 6) is -0.680. The molecule has 2 heterocycles. The largest absolute Gasteiger partial charge is 0.451 e. The second kappa shape index (κ2) is 8.16. The summed E-state index contributed by atoms with van der Waals surface area (Å²) in [4.78, 5) is 22.6. The molecule has 0 atom stereocenters. The first kappa shape index (κ1) is 19.5. The maximum Gasteiger partial charge on any atom is 0.257 e. The van der Waals surface area contributed by atoms with Crippen LogP contribution in [-0.4, -0.2) is 37.9 Å². The van der Waals surface area contributed by atoms with Crippen LogP contribution in [0.15, 0.2) is 49.2 Å². The standard InChI is InChI=1S/C20H20F2N4O2/c1-4-26(13(2)3)20(27)16-9-14(21)5-6-17(16)28-18-10-23-12-24-19(18)25-8-7-15(22)11-25/h5-13H,4H2,1-3H3. The van der Waals surface area contributed by atoms with Gasteiger partial charge in [-0.2, -0.15) is 0 Å². The van der Waals surface area contributed by atoms with Crippen molar-refractivity contribution in [3.8, 4) is 17.3 Å². The van der Waals surface area contributed by atoms with Crippen molar-refractivity contribution in [3.63, 3.8) is 0 Å². The molecule has 3 aromatic rings. The lowest BCUT2D eigenvalue weighted by Crippen LogP contribution is -2.36. The number of ether oxygens (including phenoxy) is 1. The van der Waals surface area contributed by atoms with E-state index >= 15 is 0 Å². The zero-order valence-electron chi connectivity index (χ0n) is 15.8. The molecule has 0 aliphatic rings. The van der Waals surface area contributed by atoms with Crippen LogP contribution < -0.4 is 4.74 Å². The van der Waals surface area contributed by atoms with E-state index in [2.05, 4.69) is 9.97 Å². The first-order valence-corrected chi connectivity index (χ1v) is 8.83. The Balaban J connectivity index is 2.02. The molecule has 6 nitrogen and oxygen atoms in total. The van der Waals surface area contributed by atoms with Gasteiger partial charge in [-0.05, 0) is 45.0 Å². The van der Waals surface area contributed by atoms with Crippen LogP contribution in [0, 0.1) is 11.6 Å². The SMILES string of the molecule is CCN(C(=O)c1cc(F)ccc1Oc1cncnc1-n1ccc(F)c1)C(C)C. The van der Waals surface area contributed by atoms with Gasteiger partial charge in [0.2, 0.25) is 0 Å². The molecule has 0 saturated carbocycles. The van der Waals surface area contributed by atoms with Gasteiger partial charge in [0, 0.05) is 25.0 Å². The van der Waals surface area contributed by atoms with E-state index in [0.29, 0.717) is 6.54 Å². The van der Waals surface area contributed by atoms with Crippen LogP contribution in [0.4, 0.5) is 8.78 Å². The fourth-order valence-corrected chi connectivity index (χ4v) is 2.85. The molecule has 0 bridgehead atoms. The van der Waals surface area contributed by atoms with Gasteiger partial charge in [-0.3, -0.25) is 4.79 Å². The monoisotopic (exact) mass is 386 g/mol. The van der Waals surface area contributed by atoms with Gasteiger partial charge in [0.05, 0.1) is 11.8 Å². The lowest BCUT2D eigenvalue weighted by atomic mass is 10.1. The lowest BCUT2D eigenvalue weighted by molar-refractivity contribution is 0.0713. The zero-order valence-corrected chi connectivity index (χ0v) is 15.8. The van der Waals surface area contributed by atoms with Crippen molar-refractivity contribution in [2.45, 2.75) is 26.8 Å². The third-order valence-electron chi connectivity index (χ3n) is 4.18. The van der Waals surface area contributed by atoms with Gasteiger partial charge < -0.3 is 14.2 Å². The van der Waals surface area contributed by atoms with Gasteiger partial charge in [-0.1, -0.05) is 0 Å². The zero-order chi connectivity index (χ0) is 20.3. The van der Waals surface area contributed by atoms with Crippen molar-refractivity contribution >= 4 is 5.91 Å². The topological polar surface area (TPSA) is 60.3 Å². The van der Waals surface area contributed by atoms with Gasteiger partial charge in [-0.15, -0.1) is 0 Å². The van der Waals surface area contributed by atoms with Gasteiger partial charge >= 0.3 is 0 Å². The molecule has 28 heavy (non-hydrogen) atoms. The van der Waals surface area contributed by atoms with Crippen molar-refractivity contribution in [3.05, 3.63) is 66.4 Å². The average Bonchev–Trinajstić information content (AvgIpc) is 3.10. The molecule has 8 heteroatoms. The average molecular weight is 386 g/mol. The molecule has 3 rings (SSSR count). The number of halogens is 2. The van der Waals surface area contributed by atoms with Gasteiger partial charge in [-0.25, -0.2) is 18.7 Å². The van der Waals surface area contributed by atoms with Gasteiger partial charge in [0.1, 0.15) is 23.7 Å². The number of hydrogen-bond acceptors (Lipinski definition) is 4. The number of carbonyl (C=O) groups is 1. The van der Waals surface area contributed by atoms with E-state index in [1.165, 1.54) is 47.7 Å². The Morgan fingerprint density at radius 3 is 2.64 bits per heavy atom. The highest BCUT2D eigenvalue weighted by Crippen LogP contribution is 2.30. The van der Waals surface area contributed by atoms with Crippen molar-refractivity contribution in [2.75, 3.05) is 6.54 Å². The second-order valence-electron chi connectivity index (χ2n) is 6.38. The minimum Gasteiger partial charge on any atom is -0.451 e. The molecule has 0 radical (unpaired) electrons. The molecule has 0 unspecified atom stereocenters. The molecule has 1 aromatic carbocycles. The van der Waals surface area contributed by atoms with Crippen molar-refractivity contribution in [1.29, 1.82) is 0 Å². The number of hydrogen-bond donors (Lipinski definition) is 0. The normalized spacial score (nSPS) is 10.9. The third kappa shape index (κ3) is 4.00.